The van der Waals surface area contributed by atoms with Gasteiger partial charge in [-0.05, 0) is 64.2 Å². The molecule has 0 radical (unpaired) electrons. The lowest BCUT2D eigenvalue weighted by atomic mass is 9.96. The normalized spacial score (nSPS) is 30.9. The van der Waals surface area contributed by atoms with Crippen LogP contribution >= 0.6 is 0 Å². The van der Waals surface area contributed by atoms with Gasteiger partial charge in [-0.1, -0.05) is 164 Å². The van der Waals surface area contributed by atoms with Crippen molar-refractivity contribution in [3.05, 3.63) is 60.8 Å². The molecule has 3 aliphatic rings. The first-order chi connectivity index (χ1) is 37.8. The van der Waals surface area contributed by atoms with Crippen LogP contribution in [0.25, 0.3) is 0 Å². The molecule has 0 aliphatic carbocycles. The Morgan fingerprint density at radius 2 is 0.872 bits per heavy atom. The molecule has 1 amide bonds. The predicted octanol–water partition coefficient (Wildman–Crippen LogP) is 4.87. The van der Waals surface area contributed by atoms with E-state index in [1.807, 2.05) is 6.08 Å². The van der Waals surface area contributed by atoms with Crippen LogP contribution in [0, 0.1) is 0 Å². The molecule has 19 nitrogen and oxygen atoms in total. The molecule has 12 N–H and O–H groups in total. The van der Waals surface area contributed by atoms with Crippen molar-refractivity contribution in [1.29, 1.82) is 0 Å². The lowest BCUT2D eigenvalue weighted by Crippen LogP contribution is -2.66. The summed E-state index contributed by atoms with van der Waals surface area (Å²) in [5, 5.41) is 120. The zero-order chi connectivity index (χ0) is 56.9. The quantitative estimate of drug-likeness (QED) is 0.0287. The van der Waals surface area contributed by atoms with Crippen molar-refractivity contribution in [2.24, 2.45) is 0 Å². The summed E-state index contributed by atoms with van der Waals surface area (Å²) in [7, 11) is 0. The third-order valence-corrected chi connectivity index (χ3v) is 14.5. The molecule has 452 valence electrons. The number of nitrogens with one attached hydrogen (secondary N) is 1. The highest BCUT2D eigenvalue weighted by molar-refractivity contribution is 5.76. The number of rotatable bonds is 42. The Morgan fingerprint density at radius 1 is 0.462 bits per heavy atom. The maximum absolute atomic E-state index is 13.3. The molecule has 78 heavy (non-hydrogen) atoms. The molecule has 0 aromatic carbocycles. The Morgan fingerprint density at radius 3 is 1.41 bits per heavy atom. The fraction of sp³-hybridized carbons (Fsp3) is 0.814. The standard InChI is InChI=1S/C59H103NO18/c1-3-5-7-9-11-13-14-15-16-17-18-19-20-21-22-23-24-25-26-27-28-29-31-33-35-37-47(65)60-42(43(64)36-34-32-30-12-10-8-6-4-2)41-73-57-53(71)50(68)55(45(39-62)75-57)78-59-54(72)51(69)56(46(40-63)76-59)77-58-52(70)49(67)48(66)44(38-61)74-58/h10,12,14-15,17-18,20-21,34,36,42-46,48-59,61-64,66-72H,3-9,11,13,16,19,22-33,35,37-41H2,1-2H3,(H,60,65)/b12-10+,15-14-,18-17-,21-20-,36-34+. The first kappa shape index (κ1) is 69.8. The third kappa shape index (κ3) is 26.2. The van der Waals surface area contributed by atoms with Crippen molar-refractivity contribution in [2.75, 3.05) is 26.4 Å². The Kier molecular flexibility index (Phi) is 37.9. The minimum atomic E-state index is -1.98. The van der Waals surface area contributed by atoms with E-state index in [1.165, 1.54) is 70.6 Å². The van der Waals surface area contributed by atoms with Crippen molar-refractivity contribution in [3.8, 4) is 0 Å². The van der Waals surface area contributed by atoms with Crippen LogP contribution in [0.4, 0.5) is 0 Å². The van der Waals surface area contributed by atoms with Crippen LogP contribution < -0.4 is 5.32 Å². The Labute approximate surface area is 465 Å². The lowest BCUT2D eigenvalue weighted by Gasteiger charge is -2.48. The fourth-order valence-electron chi connectivity index (χ4n) is 9.61. The largest absolute Gasteiger partial charge is 0.394 e. The fourth-order valence-corrected chi connectivity index (χ4v) is 9.61. The predicted molar refractivity (Wildman–Crippen MR) is 295 cm³/mol. The second-order valence-electron chi connectivity index (χ2n) is 21.1. The SMILES string of the molecule is CCCC/C=C/CC/C=C/C(O)C(COC1OC(CO)C(OC2OC(CO)C(OC3OC(CO)C(O)C(O)C3O)C(O)C2O)C(O)C1O)NC(=O)CCCCCCCCCCCC/C=C\C/C=C\C/C=C\CCCCCCC. The van der Waals surface area contributed by atoms with E-state index in [4.69, 9.17) is 28.4 Å². The number of aliphatic hydroxyl groups is 11. The van der Waals surface area contributed by atoms with Crippen LogP contribution in [0.2, 0.25) is 0 Å². The first-order valence-corrected chi connectivity index (χ1v) is 29.5. The van der Waals surface area contributed by atoms with Gasteiger partial charge in [0.2, 0.25) is 5.91 Å². The van der Waals surface area contributed by atoms with Gasteiger partial charge in [-0.2, -0.15) is 0 Å². The number of hydrogen-bond donors (Lipinski definition) is 12. The van der Waals surface area contributed by atoms with E-state index >= 15 is 0 Å². The zero-order valence-electron chi connectivity index (χ0n) is 46.9. The summed E-state index contributed by atoms with van der Waals surface area (Å²) in [6.45, 7) is 1.58. The second-order valence-corrected chi connectivity index (χ2v) is 21.1. The summed E-state index contributed by atoms with van der Waals surface area (Å²) in [5.74, 6) is -0.296. The third-order valence-electron chi connectivity index (χ3n) is 14.5. The molecule has 3 rings (SSSR count). The maximum atomic E-state index is 13.3. The topological polar surface area (TPSA) is 307 Å². The van der Waals surface area contributed by atoms with Gasteiger partial charge in [-0.25, -0.2) is 0 Å². The van der Waals surface area contributed by atoms with E-state index in [2.05, 4.69) is 67.8 Å². The van der Waals surface area contributed by atoms with Gasteiger partial charge in [0, 0.05) is 6.42 Å². The van der Waals surface area contributed by atoms with Crippen LogP contribution in [0.15, 0.2) is 60.8 Å². The molecule has 0 spiro atoms. The molecular weight excluding hydrogens is 1010 g/mol. The Hall–Kier alpha value is -2.51. The van der Waals surface area contributed by atoms with E-state index in [1.54, 1.807) is 6.08 Å². The highest BCUT2D eigenvalue weighted by Crippen LogP contribution is 2.33. The van der Waals surface area contributed by atoms with Gasteiger partial charge in [0.1, 0.15) is 73.2 Å². The Bertz CT molecular complexity index is 1660. The average Bonchev–Trinajstić information content (AvgIpc) is 3.48. The van der Waals surface area contributed by atoms with Crippen LogP contribution in [0.5, 0.6) is 0 Å². The summed E-state index contributed by atoms with van der Waals surface area (Å²) in [6.07, 6.45) is 21.0. The van der Waals surface area contributed by atoms with Crippen molar-refractivity contribution < 1.29 is 89.4 Å². The van der Waals surface area contributed by atoms with E-state index in [9.17, 15) is 61.0 Å². The molecule has 0 saturated carbocycles. The molecule has 19 heteroatoms. The molecule has 0 bridgehead atoms. The van der Waals surface area contributed by atoms with Crippen molar-refractivity contribution in [2.45, 2.75) is 279 Å². The van der Waals surface area contributed by atoms with Crippen LogP contribution in [-0.4, -0.2) is 193 Å². The lowest BCUT2D eigenvalue weighted by molar-refractivity contribution is -0.379. The molecule has 3 aliphatic heterocycles. The molecule has 17 unspecified atom stereocenters. The van der Waals surface area contributed by atoms with Gasteiger partial charge in [0.25, 0.3) is 0 Å². The molecule has 0 aromatic rings. The Balaban J connectivity index is 1.43. The molecule has 3 fully saturated rings. The summed E-state index contributed by atoms with van der Waals surface area (Å²) in [6, 6.07) is -0.991. The molecule has 3 saturated heterocycles. The number of amides is 1. The summed E-state index contributed by atoms with van der Waals surface area (Å²) < 4.78 is 34.1. The van der Waals surface area contributed by atoms with E-state index in [0.29, 0.717) is 12.8 Å². The number of unbranched alkanes of at least 4 members (excludes halogenated alkanes) is 18. The second kappa shape index (κ2) is 42.3. The van der Waals surface area contributed by atoms with E-state index < -0.39 is 124 Å². The molecular formula is C59H103NO18. The van der Waals surface area contributed by atoms with Crippen LogP contribution in [0.3, 0.4) is 0 Å². The summed E-state index contributed by atoms with van der Waals surface area (Å²) >= 11 is 0. The van der Waals surface area contributed by atoms with Crippen LogP contribution in [-0.2, 0) is 33.2 Å². The van der Waals surface area contributed by atoms with Gasteiger partial charge in [-0.3, -0.25) is 4.79 Å². The number of carbonyl (C=O) groups excluding carboxylic acids is 1. The van der Waals surface area contributed by atoms with Crippen LogP contribution in [0.1, 0.15) is 174 Å². The average molecular weight is 1110 g/mol. The molecule has 17 atom stereocenters. The minimum Gasteiger partial charge on any atom is -0.394 e. The van der Waals surface area contributed by atoms with Gasteiger partial charge >= 0.3 is 0 Å². The summed E-state index contributed by atoms with van der Waals surface area (Å²) in [5.41, 5.74) is 0. The van der Waals surface area contributed by atoms with Gasteiger partial charge in [-0.15, -0.1) is 0 Å². The number of allylic oxidation sites excluding steroid dienone is 9. The van der Waals surface area contributed by atoms with Gasteiger partial charge < -0.3 is 89.9 Å². The van der Waals surface area contributed by atoms with E-state index in [0.717, 1.165) is 70.6 Å². The van der Waals surface area contributed by atoms with Crippen molar-refractivity contribution >= 4 is 5.91 Å². The zero-order valence-corrected chi connectivity index (χ0v) is 46.9. The number of carbonyl (C=O) groups is 1. The number of aliphatic hydroxyl groups excluding tert-OH is 11. The highest BCUT2D eigenvalue weighted by atomic mass is 16.8. The van der Waals surface area contributed by atoms with Gasteiger partial charge in [0.15, 0.2) is 18.9 Å². The number of hydrogen-bond acceptors (Lipinski definition) is 18. The smallest absolute Gasteiger partial charge is 0.220 e. The molecule has 0 aromatic heterocycles. The van der Waals surface area contributed by atoms with Crippen molar-refractivity contribution in [3.63, 3.8) is 0 Å². The monoisotopic (exact) mass is 1110 g/mol. The minimum absolute atomic E-state index is 0.227. The first-order valence-electron chi connectivity index (χ1n) is 29.5. The van der Waals surface area contributed by atoms with Gasteiger partial charge in [0.05, 0.1) is 38.6 Å². The summed E-state index contributed by atoms with van der Waals surface area (Å²) in [4.78, 5) is 13.3. The van der Waals surface area contributed by atoms with Crippen molar-refractivity contribution in [1.82, 2.24) is 5.32 Å². The molecule has 3 heterocycles. The number of ether oxygens (including phenoxy) is 6. The van der Waals surface area contributed by atoms with E-state index in [-0.39, 0.29) is 18.9 Å². The highest BCUT2D eigenvalue weighted by Gasteiger charge is 2.53. The maximum Gasteiger partial charge on any atom is 0.220 e.